The highest BCUT2D eigenvalue weighted by Crippen LogP contribution is 2.39. The second-order valence-corrected chi connectivity index (χ2v) is 12.8. The predicted octanol–water partition coefficient (Wildman–Crippen LogP) is 1.64. The van der Waals surface area contributed by atoms with Crippen molar-refractivity contribution in [2.45, 2.75) is 68.8 Å². The van der Waals surface area contributed by atoms with Crippen molar-refractivity contribution in [2.75, 3.05) is 57.4 Å². The Labute approximate surface area is 262 Å². The van der Waals surface area contributed by atoms with Gasteiger partial charge in [-0.15, -0.1) is 0 Å². The van der Waals surface area contributed by atoms with Crippen molar-refractivity contribution in [3.63, 3.8) is 0 Å². The molecule has 5 rings (SSSR count). The van der Waals surface area contributed by atoms with Crippen molar-refractivity contribution in [1.29, 1.82) is 0 Å². The quantitative estimate of drug-likeness (QED) is 0.240. The van der Waals surface area contributed by atoms with Gasteiger partial charge < -0.3 is 35.0 Å². The van der Waals surface area contributed by atoms with Crippen LogP contribution in [0.15, 0.2) is 30.6 Å². The molecular formula is C31H43ClFN5O6. The van der Waals surface area contributed by atoms with E-state index in [1.54, 1.807) is 29.4 Å². The van der Waals surface area contributed by atoms with E-state index in [1.165, 1.54) is 6.07 Å². The lowest BCUT2D eigenvalue weighted by Gasteiger charge is -2.51. The highest BCUT2D eigenvalue weighted by atomic mass is 35.5. The van der Waals surface area contributed by atoms with Gasteiger partial charge in [0.1, 0.15) is 23.8 Å². The first-order chi connectivity index (χ1) is 21.2. The summed E-state index contributed by atoms with van der Waals surface area (Å²) in [7, 11) is 0. The monoisotopic (exact) mass is 635 g/mol. The van der Waals surface area contributed by atoms with Gasteiger partial charge in [0.25, 0.3) is 0 Å². The molecule has 242 valence electrons. The van der Waals surface area contributed by atoms with Gasteiger partial charge in [0, 0.05) is 50.9 Å². The van der Waals surface area contributed by atoms with Crippen molar-refractivity contribution in [3.8, 4) is 5.75 Å². The number of carbonyl (C=O) groups is 1. The Morgan fingerprint density at radius 2 is 1.82 bits per heavy atom. The highest BCUT2D eigenvalue weighted by Gasteiger charge is 2.50. The van der Waals surface area contributed by atoms with E-state index in [0.717, 1.165) is 51.6 Å². The van der Waals surface area contributed by atoms with Gasteiger partial charge in [0.05, 0.1) is 43.2 Å². The zero-order chi connectivity index (χ0) is 31.3. The third-order valence-electron chi connectivity index (χ3n) is 9.48. The summed E-state index contributed by atoms with van der Waals surface area (Å²) < 4.78 is 20.7. The average molecular weight is 636 g/mol. The molecule has 4 atom stereocenters. The zero-order valence-electron chi connectivity index (χ0n) is 24.9. The molecule has 1 aromatic carbocycles. The third kappa shape index (κ3) is 7.78. The Bertz CT molecular complexity index is 1250. The normalized spacial score (nSPS) is 23.0. The molecule has 3 fully saturated rings. The van der Waals surface area contributed by atoms with E-state index in [4.69, 9.17) is 21.4 Å². The highest BCUT2D eigenvalue weighted by molar-refractivity contribution is 6.30. The average Bonchev–Trinajstić information content (AvgIpc) is 3.51. The molecule has 4 N–H and O–H groups in total. The molecule has 2 aromatic rings. The maximum absolute atomic E-state index is 14.9. The molecule has 44 heavy (non-hydrogen) atoms. The number of anilines is 1. The predicted molar refractivity (Wildman–Crippen MR) is 162 cm³/mol. The van der Waals surface area contributed by atoms with Crippen LogP contribution in [0.25, 0.3) is 0 Å². The maximum Gasteiger partial charge on any atom is 0.227 e. The van der Waals surface area contributed by atoms with E-state index < -0.39 is 30.7 Å². The van der Waals surface area contributed by atoms with Crippen LogP contribution in [0, 0.1) is 11.7 Å². The number of hydrogen-bond acceptors (Lipinski definition) is 10. The third-order valence-corrected chi connectivity index (χ3v) is 9.68. The Morgan fingerprint density at radius 1 is 1.09 bits per heavy atom. The zero-order valence-corrected chi connectivity index (χ0v) is 25.7. The van der Waals surface area contributed by atoms with Crippen molar-refractivity contribution in [3.05, 3.63) is 47.0 Å². The van der Waals surface area contributed by atoms with Crippen LogP contribution >= 0.6 is 11.6 Å². The topological polar surface area (TPSA) is 143 Å². The van der Waals surface area contributed by atoms with Gasteiger partial charge in [-0.3, -0.25) is 9.69 Å². The number of ether oxygens (including phenoxy) is 1. The van der Waals surface area contributed by atoms with Crippen LogP contribution in [0.1, 0.15) is 44.1 Å². The van der Waals surface area contributed by atoms with E-state index in [0.29, 0.717) is 54.4 Å². The van der Waals surface area contributed by atoms with Crippen LogP contribution in [0.4, 0.5) is 10.3 Å². The number of benzene rings is 1. The molecule has 1 aromatic heterocycles. The van der Waals surface area contributed by atoms with Crippen LogP contribution < -0.4 is 9.64 Å². The number of aliphatic hydroxyl groups excluding tert-OH is 4. The first-order valence-electron chi connectivity index (χ1n) is 15.5. The lowest BCUT2D eigenvalue weighted by atomic mass is 9.83. The van der Waals surface area contributed by atoms with Gasteiger partial charge >= 0.3 is 0 Å². The Hall–Kier alpha value is -2.61. The van der Waals surface area contributed by atoms with Crippen molar-refractivity contribution in [1.82, 2.24) is 19.8 Å². The van der Waals surface area contributed by atoms with Crippen molar-refractivity contribution in [2.24, 2.45) is 5.92 Å². The molecular weight excluding hydrogens is 593 g/mol. The molecule has 0 aliphatic carbocycles. The van der Waals surface area contributed by atoms with E-state index in [9.17, 15) is 24.5 Å². The van der Waals surface area contributed by atoms with Gasteiger partial charge in [0.15, 0.2) is 0 Å². The molecule has 0 radical (unpaired) electrons. The summed E-state index contributed by atoms with van der Waals surface area (Å²) in [5.74, 6) is 1.13. The second-order valence-electron chi connectivity index (χ2n) is 12.3. The van der Waals surface area contributed by atoms with Crippen LogP contribution in [0.2, 0.25) is 5.02 Å². The Balaban J connectivity index is 1.02. The van der Waals surface area contributed by atoms with E-state index >= 15 is 0 Å². The molecule has 3 aliphatic heterocycles. The molecule has 3 aliphatic rings. The van der Waals surface area contributed by atoms with E-state index in [1.807, 2.05) is 4.90 Å². The van der Waals surface area contributed by atoms with Gasteiger partial charge in [0.2, 0.25) is 11.9 Å². The van der Waals surface area contributed by atoms with E-state index in [-0.39, 0.29) is 24.4 Å². The van der Waals surface area contributed by atoms with Crippen molar-refractivity contribution >= 4 is 23.5 Å². The largest absolute Gasteiger partial charge is 0.493 e. The number of rotatable bonds is 13. The minimum Gasteiger partial charge on any atom is -0.493 e. The molecule has 1 spiro atoms. The number of carbonyl (C=O) groups excluding carboxylic acids is 1. The van der Waals surface area contributed by atoms with Crippen LogP contribution in [0.3, 0.4) is 0 Å². The summed E-state index contributed by atoms with van der Waals surface area (Å²) in [6.07, 6.45) is 4.67. The summed E-state index contributed by atoms with van der Waals surface area (Å²) in [6, 6.07) is 4.67. The fourth-order valence-electron chi connectivity index (χ4n) is 6.59. The number of piperidine rings is 1. The molecule has 4 heterocycles. The first kappa shape index (κ1) is 32.8. The second kappa shape index (κ2) is 14.7. The summed E-state index contributed by atoms with van der Waals surface area (Å²) >= 11 is 5.88. The molecule has 13 heteroatoms. The lowest BCUT2D eigenvalue weighted by Crippen LogP contribution is -2.64. The Kier molecular flexibility index (Phi) is 10.9. The lowest BCUT2D eigenvalue weighted by molar-refractivity contribution is -0.131. The smallest absolute Gasteiger partial charge is 0.227 e. The number of β-amino-alcohol motifs (C(OH)–C–C–N with tert-alkyl or cyclic N) is 1. The summed E-state index contributed by atoms with van der Waals surface area (Å²) in [5.41, 5.74) is 0.0283. The van der Waals surface area contributed by atoms with Gasteiger partial charge in [-0.1, -0.05) is 17.7 Å². The molecule has 11 nitrogen and oxygen atoms in total. The van der Waals surface area contributed by atoms with Crippen LogP contribution in [0.5, 0.6) is 5.75 Å². The van der Waals surface area contributed by atoms with Gasteiger partial charge in [-0.05, 0) is 56.1 Å². The number of halogens is 2. The number of likely N-dealkylation sites (tertiary alicyclic amines) is 2. The SMILES string of the molecule is O=C(Cc1ccc(OCCCC2CCN(c3ncc(Cl)cn3)CC2)cc1F)N1CCC2(CCN2CC(O)C(O)C(O)CO)C1. The van der Waals surface area contributed by atoms with Crippen molar-refractivity contribution < 1.29 is 34.3 Å². The van der Waals surface area contributed by atoms with E-state index in [2.05, 4.69) is 14.9 Å². The van der Waals surface area contributed by atoms with Crippen LogP contribution in [-0.2, 0) is 11.2 Å². The molecule has 1 amide bonds. The summed E-state index contributed by atoms with van der Waals surface area (Å²) in [4.78, 5) is 27.6. The van der Waals surface area contributed by atoms with Crippen LogP contribution in [-0.4, -0.2) is 122 Å². The number of hydrogen-bond donors (Lipinski definition) is 4. The fraction of sp³-hybridized carbons (Fsp3) is 0.645. The molecule has 3 saturated heterocycles. The summed E-state index contributed by atoms with van der Waals surface area (Å²) in [6.45, 7) is 3.50. The number of aliphatic hydroxyl groups is 4. The molecule has 0 bridgehead atoms. The number of amides is 1. The van der Waals surface area contributed by atoms with Gasteiger partial charge in [-0.2, -0.15) is 0 Å². The number of nitrogens with zero attached hydrogens (tertiary/aromatic N) is 5. The molecule has 4 unspecified atom stereocenters. The Morgan fingerprint density at radius 3 is 2.48 bits per heavy atom. The minimum absolute atomic E-state index is 0.0496. The number of aromatic nitrogens is 2. The summed E-state index contributed by atoms with van der Waals surface area (Å²) in [5, 5.41) is 39.5. The van der Waals surface area contributed by atoms with Gasteiger partial charge in [-0.25, -0.2) is 14.4 Å². The maximum atomic E-state index is 14.9. The molecule has 0 saturated carbocycles. The first-order valence-corrected chi connectivity index (χ1v) is 15.9. The standard InChI is InChI=1S/C31H43ClFN5O6/c32-23-16-34-30(35-17-23)36-9-5-21(6-10-36)2-1-13-44-24-4-3-22(25(33)15-24)14-28(42)37-11-7-31(20-37)8-12-38(31)18-26(40)29(43)27(41)19-39/h3-4,15-17,21,26-27,29,39-41,43H,1-2,5-14,18-20H2. The fourth-order valence-corrected chi connectivity index (χ4v) is 6.69. The minimum atomic E-state index is -1.45.